The van der Waals surface area contributed by atoms with Gasteiger partial charge in [0, 0.05) is 12.1 Å². The molecule has 0 spiro atoms. The molecule has 0 bridgehead atoms. The van der Waals surface area contributed by atoms with Crippen molar-refractivity contribution in [1.29, 1.82) is 0 Å². The van der Waals surface area contributed by atoms with E-state index in [0.29, 0.717) is 17.1 Å². The Morgan fingerprint density at radius 2 is 1.92 bits per heavy atom. The molecule has 0 fully saturated rings. The molecule has 126 valence electrons. The van der Waals surface area contributed by atoms with Gasteiger partial charge in [-0.15, -0.1) is 0 Å². The Morgan fingerprint density at radius 3 is 2.67 bits per heavy atom. The molecule has 2 aromatic carbocycles. The van der Waals surface area contributed by atoms with E-state index in [9.17, 15) is 13.2 Å². The van der Waals surface area contributed by atoms with Crippen LogP contribution in [0.15, 0.2) is 41.3 Å². The predicted octanol–water partition coefficient (Wildman–Crippen LogP) is 1.30. The van der Waals surface area contributed by atoms with Gasteiger partial charge < -0.3 is 15.2 Å². The minimum atomic E-state index is -3.78. The molecule has 0 aromatic heterocycles. The minimum absolute atomic E-state index is 0.0114. The number of ether oxygens (including phenoxy) is 2. The summed E-state index contributed by atoms with van der Waals surface area (Å²) in [6, 6.07) is 9.45. The third-order valence-corrected chi connectivity index (χ3v) is 5.09. The van der Waals surface area contributed by atoms with Crippen molar-refractivity contribution >= 4 is 15.9 Å². The zero-order chi connectivity index (χ0) is 17.3. The maximum absolute atomic E-state index is 12.4. The molecule has 24 heavy (non-hydrogen) atoms. The highest BCUT2D eigenvalue weighted by Gasteiger charge is 2.18. The van der Waals surface area contributed by atoms with Gasteiger partial charge in [0.2, 0.25) is 22.7 Å². The number of hydrogen-bond donors (Lipinski definition) is 2. The third-order valence-electron chi connectivity index (χ3n) is 3.69. The number of hydrogen-bond acceptors (Lipinski definition) is 5. The van der Waals surface area contributed by atoms with Gasteiger partial charge in [0.1, 0.15) is 0 Å². The van der Waals surface area contributed by atoms with Crippen molar-refractivity contribution in [3.63, 3.8) is 0 Å². The molecule has 1 amide bonds. The van der Waals surface area contributed by atoms with E-state index in [0.717, 1.165) is 5.56 Å². The lowest BCUT2D eigenvalue weighted by molar-refractivity contribution is 0.0999. The van der Waals surface area contributed by atoms with E-state index in [1.165, 1.54) is 12.1 Å². The molecule has 0 atom stereocenters. The number of rotatable bonds is 5. The lowest BCUT2D eigenvalue weighted by Crippen LogP contribution is -2.24. The van der Waals surface area contributed by atoms with E-state index >= 15 is 0 Å². The van der Waals surface area contributed by atoms with Gasteiger partial charge in [-0.1, -0.05) is 12.1 Å². The second-order valence-electron chi connectivity index (χ2n) is 5.35. The van der Waals surface area contributed by atoms with Gasteiger partial charge >= 0.3 is 0 Å². The van der Waals surface area contributed by atoms with Gasteiger partial charge in [-0.2, -0.15) is 0 Å². The highest BCUT2D eigenvalue weighted by Crippen LogP contribution is 2.32. The molecule has 1 aliphatic heterocycles. The first kappa shape index (κ1) is 16.3. The number of sulfonamides is 1. The summed E-state index contributed by atoms with van der Waals surface area (Å²) in [7, 11) is -3.78. The maximum atomic E-state index is 12.4. The van der Waals surface area contributed by atoms with Crippen LogP contribution in [0.4, 0.5) is 0 Å². The molecule has 1 aliphatic rings. The number of nitrogens with one attached hydrogen (secondary N) is 1. The SMILES string of the molecule is Cc1ccc(S(=O)(=O)NCc2ccc3c(c2)OCO3)cc1C(N)=O. The first-order valence-electron chi connectivity index (χ1n) is 7.15. The number of fused-ring (bicyclic) bond motifs is 1. The highest BCUT2D eigenvalue weighted by atomic mass is 32.2. The monoisotopic (exact) mass is 348 g/mol. The summed E-state index contributed by atoms with van der Waals surface area (Å²) in [6.45, 7) is 1.93. The van der Waals surface area contributed by atoms with Crippen LogP contribution < -0.4 is 19.9 Å². The van der Waals surface area contributed by atoms with Gasteiger partial charge in [-0.25, -0.2) is 13.1 Å². The van der Waals surface area contributed by atoms with Crippen molar-refractivity contribution < 1.29 is 22.7 Å². The van der Waals surface area contributed by atoms with Crippen LogP contribution in [-0.2, 0) is 16.6 Å². The molecule has 7 nitrogen and oxygen atoms in total. The number of aryl methyl sites for hydroxylation is 1. The molecule has 8 heteroatoms. The van der Waals surface area contributed by atoms with Gasteiger partial charge in [0.15, 0.2) is 11.5 Å². The fraction of sp³-hybridized carbons (Fsp3) is 0.188. The van der Waals surface area contributed by atoms with Crippen LogP contribution in [-0.4, -0.2) is 21.1 Å². The van der Waals surface area contributed by atoms with Crippen molar-refractivity contribution in [3.05, 3.63) is 53.1 Å². The van der Waals surface area contributed by atoms with E-state index in [-0.39, 0.29) is 23.8 Å². The van der Waals surface area contributed by atoms with E-state index in [4.69, 9.17) is 15.2 Å². The summed E-state index contributed by atoms with van der Waals surface area (Å²) < 4.78 is 37.8. The van der Waals surface area contributed by atoms with Crippen molar-refractivity contribution in [1.82, 2.24) is 4.72 Å². The molecule has 0 aliphatic carbocycles. The van der Waals surface area contributed by atoms with Crippen LogP contribution in [0.25, 0.3) is 0 Å². The molecule has 1 heterocycles. The first-order chi connectivity index (χ1) is 11.4. The molecular formula is C16H16N2O5S. The Bertz CT molecular complexity index is 909. The second-order valence-corrected chi connectivity index (χ2v) is 7.12. The second kappa shape index (κ2) is 6.14. The standard InChI is InChI=1S/C16H16N2O5S/c1-10-2-4-12(7-13(10)16(17)19)24(20,21)18-8-11-3-5-14-15(6-11)23-9-22-14/h2-7,18H,8-9H2,1H3,(H2,17,19). The summed E-state index contributed by atoms with van der Waals surface area (Å²) >= 11 is 0. The fourth-order valence-corrected chi connectivity index (χ4v) is 3.39. The Kier molecular flexibility index (Phi) is 4.16. The molecule has 0 radical (unpaired) electrons. The fourth-order valence-electron chi connectivity index (χ4n) is 2.35. The Hall–Kier alpha value is -2.58. The number of amides is 1. The number of carbonyl (C=O) groups excluding carboxylic acids is 1. The van der Waals surface area contributed by atoms with E-state index < -0.39 is 15.9 Å². The first-order valence-corrected chi connectivity index (χ1v) is 8.64. The summed E-state index contributed by atoms with van der Waals surface area (Å²) in [6.07, 6.45) is 0. The summed E-state index contributed by atoms with van der Waals surface area (Å²) in [4.78, 5) is 11.4. The molecule has 2 aromatic rings. The van der Waals surface area contributed by atoms with Gasteiger partial charge in [-0.3, -0.25) is 4.79 Å². The van der Waals surface area contributed by atoms with Crippen molar-refractivity contribution in [2.24, 2.45) is 5.73 Å². The Balaban J connectivity index is 1.79. The van der Waals surface area contributed by atoms with Crippen LogP contribution in [0.1, 0.15) is 21.5 Å². The molecule has 3 rings (SSSR count). The van der Waals surface area contributed by atoms with Gasteiger partial charge in [0.05, 0.1) is 4.90 Å². The highest BCUT2D eigenvalue weighted by molar-refractivity contribution is 7.89. The lowest BCUT2D eigenvalue weighted by atomic mass is 10.1. The average molecular weight is 348 g/mol. The smallest absolute Gasteiger partial charge is 0.249 e. The Morgan fingerprint density at radius 1 is 1.17 bits per heavy atom. The van der Waals surface area contributed by atoms with E-state index in [2.05, 4.69) is 4.72 Å². The van der Waals surface area contributed by atoms with Crippen LogP contribution in [0.5, 0.6) is 11.5 Å². The van der Waals surface area contributed by atoms with Crippen LogP contribution >= 0.6 is 0 Å². The molecular weight excluding hydrogens is 332 g/mol. The normalized spacial score (nSPS) is 13.0. The largest absolute Gasteiger partial charge is 0.454 e. The van der Waals surface area contributed by atoms with E-state index in [1.54, 1.807) is 31.2 Å². The summed E-state index contributed by atoms with van der Waals surface area (Å²) in [5, 5.41) is 0. The van der Waals surface area contributed by atoms with E-state index in [1.807, 2.05) is 0 Å². The molecule has 0 saturated heterocycles. The number of carbonyl (C=O) groups is 1. The molecule has 0 unspecified atom stereocenters. The third kappa shape index (κ3) is 3.19. The van der Waals surface area contributed by atoms with Crippen molar-refractivity contribution in [2.45, 2.75) is 18.4 Å². The van der Waals surface area contributed by atoms with Crippen molar-refractivity contribution in [2.75, 3.05) is 6.79 Å². The number of primary amides is 1. The molecule has 0 saturated carbocycles. The number of benzene rings is 2. The predicted molar refractivity (Wildman–Crippen MR) is 86.3 cm³/mol. The number of nitrogens with two attached hydrogens (primary N) is 1. The van der Waals surface area contributed by atoms with Gasteiger partial charge in [0.25, 0.3) is 0 Å². The average Bonchev–Trinajstić information content (AvgIpc) is 3.00. The zero-order valence-corrected chi connectivity index (χ0v) is 13.7. The van der Waals surface area contributed by atoms with Crippen LogP contribution in [0.3, 0.4) is 0 Å². The topological polar surface area (TPSA) is 108 Å². The zero-order valence-electron chi connectivity index (χ0n) is 12.9. The summed E-state index contributed by atoms with van der Waals surface area (Å²) in [5.74, 6) is 0.546. The molecule has 3 N–H and O–H groups in total. The van der Waals surface area contributed by atoms with Crippen LogP contribution in [0, 0.1) is 6.92 Å². The van der Waals surface area contributed by atoms with Gasteiger partial charge in [-0.05, 0) is 42.3 Å². The maximum Gasteiger partial charge on any atom is 0.249 e. The van der Waals surface area contributed by atoms with Crippen molar-refractivity contribution in [3.8, 4) is 11.5 Å². The van der Waals surface area contributed by atoms with Crippen LogP contribution in [0.2, 0.25) is 0 Å². The minimum Gasteiger partial charge on any atom is -0.454 e. The lowest BCUT2D eigenvalue weighted by Gasteiger charge is -2.09. The Labute approximate surface area is 139 Å². The summed E-state index contributed by atoms with van der Waals surface area (Å²) in [5.41, 5.74) is 6.79. The quantitative estimate of drug-likeness (QED) is 0.847.